The highest BCUT2D eigenvalue weighted by Gasteiger charge is 2.38. The van der Waals surface area contributed by atoms with Gasteiger partial charge in [0.1, 0.15) is 5.75 Å². The highest BCUT2D eigenvalue weighted by molar-refractivity contribution is 5.89. The molecule has 1 saturated carbocycles. The van der Waals surface area contributed by atoms with E-state index in [0.29, 0.717) is 23.5 Å². The zero-order valence-electron chi connectivity index (χ0n) is 12.8. The number of hydrogen-bond acceptors (Lipinski definition) is 4. The molecular weight excluding hydrogens is 278 g/mol. The minimum absolute atomic E-state index is 0.350. The summed E-state index contributed by atoms with van der Waals surface area (Å²) in [5.74, 6) is 0.825. The van der Waals surface area contributed by atoms with E-state index in [9.17, 15) is 4.79 Å². The minimum atomic E-state index is -0.372. The molecule has 0 spiro atoms. The molecule has 3 rings (SSSR count). The van der Waals surface area contributed by atoms with Gasteiger partial charge in [-0.25, -0.2) is 9.78 Å². The highest BCUT2D eigenvalue weighted by atomic mass is 16.5. The third-order valence-electron chi connectivity index (χ3n) is 4.02. The molecule has 1 aromatic heterocycles. The lowest BCUT2D eigenvalue weighted by Gasteiger charge is -2.10. The number of hydrogen-bond donors (Lipinski definition) is 0. The molecule has 0 radical (unpaired) electrons. The number of carbonyl (C=O) groups is 1. The van der Waals surface area contributed by atoms with E-state index in [1.807, 2.05) is 12.1 Å². The number of benzene rings is 1. The maximum Gasteiger partial charge on any atom is 0.339 e. The van der Waals surface area contributed by atoms with Gasteiger partial charge < -0.3 is 9.47 Å². The van der Waals surface area contributed by atoms with Gasteiger partial charge in [0.15, 0.2) is 0 Å². The fourth-order valence-electron chi connectivity index (χ4n) is 2.30. The molecule has 0 unspecified atom stereocenters. The molecule has 0 saturated heterocycles. The van der Waals surface area contributed by atoms with Crippen molar-refractivity contribution in [3.8, 4) is 11.6 Å². The van der Waals surface area contributed by atoms with E-state index in [0.717, 1.165) is 5.75 Å². The first-order chi connectivity index (χ1) is 10.6. The summed E-state index contributed by atoms with van der Waals surface area (Å²) in [6.45, 7) is 4.40. The van der Waals surface area contributed by atoms with Crippen LogP contribution in [0.25, 0.3) is 0 Å². The summed E-state index contributed by atoms with van der Waals surface area (Å²) in [7, 11) is 0. The van der Waals surface area contributed by atoms with Crippen molar-refractivity contribution in [1.29, 1.82) is 0 Å². The fourth-order valence-corrected chi connectivity index (χ4v) is 2.30. The molecule has 1 aliphatic carbocycles. The van der Waals surface area contributed by atoms with Crippen LogP contribution in [0.2, 0.25) is 0 Å². The van der Waals surface area contributed by atoms with Crippen LogP contribution < -0.4 is 4.74 Å². The van der Waals surface area contributed by atoms with E-state index in [-0.39, 0.29) is 5.97 Å². The molecule has 0 atom stereocenters. The SMILES string of the molecule is CCOC(=O)c1ccc(Oc2ccc(C3(C)CC3)cc2)nc1. The first-order valence-corrected chi connectivity index (χ1v) is 7.52. The third kappa shape index (κ3) is 3.11. The predicted molar refractivity (Wildman–Crippen MR) is 83.3 cm³/mol. The van der Waals surface area contributed by atoms with E-state index in [4.69, 9.17) is 9.47 Å². The van der Waals surface area contributed by atoms with Crippen molar-refractivity contribution >= 4 is 5.97 Å². The molecule has 1 aliphatic rings. The van der Waals surface area contributed by atoms with Gasteiger partial charge in [-0.2, -0.15) is 0 Å². The van der Waals surface area contributed by atoms with Crippen molar-refractivity contribution < 1.29 is 14.3 Å². The normalized spacial score (nSPS) is 15.2. The molecule has 0 N–H and O–H groups in total. The number of ether oxygens (including phenoxy) is 2. The largest absolute Gasteiger partial charge is 0.462 e. The van der Waals surface area contributed by atoms with E-state index in [2.05, 4.69) is 24.0 Å². The maximum atomic E-state index is 11.5. The summed E-state index contributed by atoms with van der Waals surface area (Å²) < 4.78 is 10.6. The van der Waals surface area contributed by atoms with E-state index in [1.54, 1.807) is 19.1 Å². The van der Waals surface area contributed by atoms with Crippen LogP contribution in [0.5, 0.6) is 11.6 Å². The van der Waals surface area contributed by atoms with Gasteiger partial charge in [-0.05, 0) is 48.9 Å². The standard InChI is InChI=1S/C18H19NO3/c1-3-21-17(20)13-4-9-16(19-12-13)22-15-7-5-14(6-8-15)18(2)10-11-18/h4-9,12H,3,10-11H2,1-2H3. The van der Waals surface area contributed by atoms with Crippen LogP contribution in [0.3, 0.4) is 0 Å². The Morgan fingerprint density at radius 2 is 1.91 bits per heavy atom. The van der Waals surface area contributed by atoms with E-state index >= 15 is 0 Å². The summed E-state index contributed by atoms with van der Waals surface area (Å²) in [6, 6.07) is 11.5. The van der Waals surface area contributed by atoms with Gasteiger partial charge in [-0.3, -0.25) is 0 Å². The lowest BCUT2D eigenvalue weighted by atomic mass is 9.99. The highest BCUT2D eigenvalue weighted by Crippen LogP contribution is 2.47. The smallest absolute Gasteiger partial charge is 0.339 e. The average Bonchev–Trinajstić information content (AvgIpc) is 3.28. The number of rotatable bonds is 5. The molecule has 22 heavy (non-hydrogen) atoms. The van der Waals surface area contributed by atoms with Crippen molar-refractivity contribution in [3.63, 3.8) is 0 Å². The molecule has 4 nitrogen and oxygen atoms in total. The number of aromatic nitrogens is 1. The second kappa shape index (κ2) is 5.79. The third-order valence-corrected chi connectivity index (χ3v) is 4.02. The number of esters is 1. The van der Waals surface area contributed by atoms with Gasteiger partial charge in [0.05, 0.1) is 12.2 Å². The van der Waals surface area contributed by atoms with Crippen molar-refractivity contribution in [2.45, 2.75) is 32.1 Å². The number of pyridine rings is 1. The molecule has 1 aromatic carbocycles. The Morgan fingerprint density at radius 3 is 2.45 bits per heavy atom. The van der Waals surface area contributed by atoms with E-state index < -0.39 is 0 Å². The summed E-state index contributed by atoms with van der Waals surface area (Å²) in [5.41, 5.74) is 2.13. The Morgan fingerprint density at radius 1 is 1.18 bits per heavy atom. The van der Waals surface area contributed by atoms with Crippen LogP contribution in [0.1, 0.15) is 42.6 Å². The molecule has 0 bridgehead atoms. The predicted octanol–water partition coefficient (Wildman–Crippen LogP) is 4.10. The second-order valence-corrected chi connectivity index (χ2v) is 5.79. The monoisotopic (exact) mass is 297 g/mol. The topological polar surface area (TPSA) is 48.4 Å². The fraction of sp³-hybridized carbons (Fsp3) is 0.333. The number of carbonyl (C=O) groups excluding carboxylic acids is 1. The Balaban J connectivity index is 1.66. The molecule has 0 amide bonds. The molecule has 1 heterocycles. The summed E-state index contributed by atoms with van der Waals surface area (Å²) in [6.07, 6.45) is 3.97. The van der Waals surface area contributed by atoms with Gasteiger partial charge in [0.25, 0.3) is 0 Å². The van der Waals surface area contributed by atoms with Crippen LogP contribution >= 0.6 is 0 Å². The number of nitrogens with zero attached hydrogens (tertiary/aromatic N) is 1. The molecule has 114 valence electrons. The molecular formula is C18H19NO3. The van der Waals surface area contributed by atoms with Gasteiger partial charge in [-0.1, -0.05) is 19.1 Å². The quantitative estimate of drug-likeness (QED) is 0.779. The van der Waals surface area contributed by atoms with Crippen LogP contribution in [0.15, 0.2) is 42.6 Å². The van der Waals surface area contributed by atoms with Crippen LogP contribution in [-0.2, 0) is 10.2 Å². The van der Waals surface area contributed by atoms with Gasteiger partial charge in [0.2, 0.25) is 5.88 Å². The van der Waals surface area contributed by atoms with Gasteiger partial charge >= 0.3 is 5.97 Å². The van der Waals surface area contributed by atoms with Crippen molar-refractivity contribution in [1.82, 2.24) is 4.98 Å². The first kappa shape index (κ1) is 14.6. The van der Waals surface area contributed by atoms with Gasteiger partial charge in [-0.15, -0.1) is 0 Å². The van der Waals surface area contributed by atoms with Crippen molar-refractivity contribution in [2.24, 2.45) is 0 Å². The zero-order chi connectivity index (χ0) is 15.6. The average molecular weight is 297 g/mol. The van der Waals surface area contributed by atoms with E-state index in [1.165, 1.54) is 24.6 Å². The Hall–Kier alpha value is -2.36. The van der Waals surface area contributed by atoms with Crippen LogP contribution in [0, 0.1) is 0 Å². The lowest BCUT2D eigenvalue weighted by Crippen LogP contribution is -2.05. The zero-order valence-corrected chi connectivity index (χ0v) is 12.8. The summed E-state index contributed by atoms with van der Waals surface area (Å²) >= 11 is 0. The van der Waals surface area contributed by atoms with Crippen LogP contribution in [-0.4, -0.2) is 17.6 Å². The Bertz CT molecular complexity index is 658. The summed E-state index contributed by atoms with van der Waals surface area (Å²) in [5, 5.41) is 0. The molecule has 4 heteroatoms. The molecule has 0 aliphatic heterocycles. The summed E-state index contributed by atoms with van der Waals surface area (Å²) in [4.78, 5) is 15.7. The molecule has 2 aromatic rings. The second-order valence-electron chi connectivity index (χ2n) is 5.79. The van der Waals surface area contributed by atoms with Crippen molar-refractivity contribution in [3.05, 3.63) is 53.7 Å². The Labute approximate surface area is 130 Å². The lowest BCUT2D eigenvalue weighted by molar-refractivity contribution is 0.0526. The van der Waals surface area contributed by atoms with Crippen LogP contribution in [0.4, 0.5) is 0 Å². The van der Waals surface area contributed by atoms with Crippen molar-refractivity contribution in [2.75, 3.05) is 6.61 Å². The molecule has 1 fully saturated rings. The maximum absolute atomic E-state index is 11.5. The minimum Gasteiger partial charge on any atom is -0.462 e. The first-order valence-electron chi connectivity index (χ1n) is 7.52. The van der Waals surface area contributed by atoms with Gasteiger partial charge in [0, 0.05) is 12.3 Å². The Kier molecular flexibility index (Phi) is 3.84.